The van der Waals surface area contributed by atoms with Gasteiger partial charge in [-0.15, -0.1) is 0 Å². The van der Waals surface area contributed by atoms with Gasteiger partial charge in [0.15, 0.2) is 0 Å². The molecule has 106 valence electrons. The highest BCUT2D eigenvalue weighted by Crippen LogP contribution is 2.37. The van der Waals surface area contributed by atoms with Crippen molar-refractivity contribution in [1.29, 1.82) is 0 Å². The van der Waals surface area contributed by atoms with Gasteiger partial charge in [-0.3, -0.25) is 0 Å². The van der Waals surface area contributed by atoms with Crippen molar-refractivity contribution in [2.24, 2.45) is 0 Å². The van der Waals surface area contributed by atoms with Crippen LogP contribution in [0.3, 0.4) is 0 Å². The number of allylic oxidation sites excluding steroid dienone is 1. The van der Waals surface area contributed by atoms with Gasteiger partial charge in [0.1, 0.15) is 0 Å². The number of carbonyl (C=O) groups is 1. The van der Waals surface area contributed by atoms with Crippen molar-refractivity contribution < 1.29 is 9.53 Å². The SMILES string of the molecule is CCOC(=O)/C=C1\CCc2ccccc2-c2ccccc21. The summed E-state index contributed by atoms with van der Waals surface area (Å²) in [5.74, 6) is -0.256. The van der Waals surface area contributed by atoms with Crippen molar-refractivity contribution >= 4 is 11.5 Å². The highest BCUT2D eigenvalue weighted by Gasteiger charge is 2.17. The second-order valence-corrected chi connectivity index (χ2v) is 5.12. The molecule has 0 aliphatic heterocycles. The summed E-state index contributed by atoms with van der Waals surface area (Å²) in [7, 11) is 0. The first-order valence-corrected chi connectivity index (χ1v) is 7.34. The summed E-state index contributed by atoms with van der Waals surface area (Å²) in [5, 5.41) is 0. The van der Waals surface area contributed by atoms with Gasteiger partial charge in [0.05, 0.1) is 6.61 Å². The second-order valence-electron chi connectivity index (χ2n) is 5.12. The van der Waals surface area contributed by atoms with E-state index in [1.165, 1.54) is 16.7 Å². The van der Waals surface area contributed by atoms with Crippen molar-refractivity contribution in [2.75, 3.05) is 6.61 Å². The van der Waals surface area contributed by atoms with Crippen LogP contribution in [-0.4, -0.2) is 12.6 Å². The van der Waals surface area contributed by atoms with Crippen molar-refractivity contribution in [3.63, 3.8) is 0 Å². The van der Waals surface area contributed by atoms with E-state index in [2.05, 4.69) is 36.4 Å². The molecule has 0 spiro atoms. The first-order valence-electron chi connectivity index (χ1n) is 7.34. The van der Waals surface area contributed by atoms with Crippen LogP contribution in [0, 0.1) is 0 Å². The van der Waals surface area contributed by atoms with E-state index in [4.69, 9.17) is 4.74 Å². The number of carbonyl (C=O) groups excluding carboxylic acids is 1. The lowest BCUT2D eigenvalue weighted by atomic mass is 9.95. The maximum atomic E-state index is 11.8. The van der Waals surface area contributed by atoms with Gasteiger partial charge in [0.25, 0.3) is 0 Å². The Morgan fingerprint density at radius 1 is 1.00 bits per heavy atom. The van der Waals surface area contributed by atoms with Gasteiger partial charge in [-0.25, -0.2) is 4.79 Å². The van der Waals surface area contributed by atoms with Gasteiger partial charge in [0.2, 0.25) is 0 Å². The molecule has 3 rings (SSSR count). The zero-order valence-corrected chi connectivity index (χ0v) is 12.1. The van der Waals surface area contributed by atoms with Gasteiger partial charge in [-0.2, -0.15) is 0 Å². The van der Waals surface area contributed by atoms with Crippen LogP contribution in [0.15, 0.2) is 54.6 Å². The molecule has 0 radical (unpaired) electrons. The summed E-state index contributed by atoms with van der Waals surface area (Å²) in [6.45, 7) is 2.23. The summed E-state index contributed by atoms with van der Waals surface area (Å²) in [5.41, 5.74) is 5.98. The number of fused-ring (bicyclic) bond motifs is 3. The molecule has 1 aliphatic rings. The molecule has 1 aliphatic carbocycles. The first kappa shape index (κ1) is 13.6. The molecule has 21 heavy (non-hydrogen) atoms. The maximum Gasteiger partial charge on any atom is 0.331 e. The Kier molecular flexibility index (Phi) is 3.87. The Bertz CT molecular complexity index is 698. The smallest absolute Gasteiger partial charge is 0.331 e. The first-order chi connectivity index (χ1) is 10.3. The number of ether oxygens (including phenoxy) is 1. The fourth-order valence-corrected chi connectivity index (χ4v) is 2.88. The third-order valence-corrected chi connectivity index (χ3v) is 3.82. The Labute approximate surface area is 125 Å². The Balaban J connectivity index is 2.11. The molecule has 0 atom stereocenters. The van der Waals surface area contributed by atoms with Crippen LogP contribution in [-0.2, 0) is 16.0 Å². The average Bonchev–Trinajstić information content (AvgIpc) is 2.66. The summed E-state index contributed by atoms with van der Waals surface area (Å²) in [4.78, 5) is 11.8. The number of hydrogen-bond acceptors (Lipinski definition) is 2. The number of esters is 1. The number of rotatable bonds is 2. The summed E-state index contributed by atoms with van der Waals surface area (Å²) < 4.78 is 5.06. The van der Waals surface area contributed by atoms with E-state index < -0.39 is 0 Å². The van der Waals surface area contributed by atoms with Crippen LogP contribution in [0.25, 0.3) is 16.7 Å². The van der Waals surface area contributed by atoms with Crippen molar-refractivity contribution in [2.45, 2.75) is 19.8 Å². The largest absolute Gasteiger partial charge is 0.463 e. The van der Waals surface area contributed by atoms with Crippen LogP contribution >= 0.6 is 0 Å². The van der Waals surface area contributed by atoms with Gasteiger partial charge in [-0.1, -0.05) is 48.5 Å². The molecule has 0 unspecified atom stereocenters. The molecule has 0 saturated carbocycles. The molecule has 2 aromatic rings. The topological polar surface area (TPSA) is 26.3 Å². The molecular weight excluding hydrogens is 260 g/mol. The van der Waals surface area contributed by atoms with E-state index in [0.717, 1.165) is 24.0 Å². The fourth-order valence-electron chi connectivity index (χ4n) is 2.88. The Morgan fingerprint density at radius 3 is 2.43 bits per heavy atom. The maximum absolute atomic E-state index is 11.8. The van der Waals surface area contributed by atoms with E-state index in [1.54, 1.807) is 6.08 Å². The highest BCUT2D eigenvalue weighted by molar-refractivity contribution is 5.95. The van der Waals surface area contributed by atoms with E-state index in [1.807, 2.05) is 19.1 Å². The predicted molar refractivity (Wildman–Crippen MR) is 84.8 cm³/mol. The average molecular weight is 278 g/mol. The zero-order chi connectivity index (χ0) is 14.7. The monoisotopic (exact) mass is 278 g/mol. The van der Waals surface area contributed by atoms with Crippen molar-refractivity contribution in [3.8, 4) is 11.1 Å². The van der Waals surface area contributed by atoms with Gasteiger partial charge in [-0.05, 0) is 47.6 Å². The van der Waals surface area contributed by atoms with Crippen LogP contribution in [0.2, 0.25) is 0 Å². The van der Waals surface area contributed by atoms with E-state index in [-0.39, 0.29) is 5.97 Å². The number of hydrogen-bond donors (Lipinski definition) is 0. The molecule has 0 fully saturated rings. The van der Waals surface area contributed by atoms with Crippen LogP contribution < -0.4 is 0 Å². The third-order valence-electron chi connectivity index (χ3n) is 3.82. The lowest BCUT2D eigenvalue weighted by Crippen LogP contribution is -2.01. The number of benzene rings is 2. The molecule has 2 heteroatoms. The molecule has 2 aromatic carbocycles. The van der Waals surface area contributed by atoms with E-state index in [0.29, 0.717) is 6.61 Å². The minimum atomic E-state index is -0.256. The molecule has 0 saturated heterocycles. The minimum absolute atomic E-state index is 0.256. The molecule has 0 amide bonds. The Hall–Kier alpha value is -2.35. The lowest BCUT2D eigenvalue weighted by Gasteiger charge is -2.10. The quantitative estimate of drug-likeness (QED) is 0.606. The van der Waals surface area contributed by atoms with Crippen molar-refractivity contribution in [3.05, 3.63) is 65.7 Å². The van der Waals surface area contributed by atoms with Crippen LogP contribution in [0.4, 0.5) is 0 Å². The molecule has 0 bridgehead atoms. The normalized spacial score (nSPS) is 15.0. The second kappa shape index (κ2) is 5.96. The summed E-state index contributed by atoms with van der Waals surface area (Å²) in [6.07, 6.45) is 3.44. The van der Waals surface area contributed by atoms with Gasteiger partial charge in [0, 0.05) is 6.08 Å². The molecule has 2 nitrogen and oxygen atoms in total. The summed E-state index contributed by atoms with van der Waals surface area (Å²) in [6, 6.07) is 16.7. The predicted octanol–water partition coefficient (Wildman–Crippen LogP) is 4.25. The molecule has 0 N–H and O–H groups in total. The van der Waals surface area contributed by atoms with Gasteiger partial charge < -0.3 is 4.74 Å². The van der Waals surface area contributed by atoms with Crippen molar-refractivity contribution in [1.82, 2.24) is 0 Å². The van der Waals surface area contributed by atoms with E-state index in [9.17, 15) is 4.79 Å². The molecule has 0 aromatic heterocycles. The van der Waals surface area contributed by atoms with Crippen LogP contribution in [0.1, 0.15) is 24.5 Å². The van der Waals surface area contributed by atoms with Crippen LogP contribution in [0.5, 0.6) is 0 Å². The molecular formula is C19H18O2. The third kappa shape index (κ3) is 2.75. The minimum Gasteiger partial charge on any atom is -0.463 e. The standard InChI is InChI=1S/C19H18O2/c1-2-21-19(20)13-15-12-11-14-7-3-4-8-16(14)18-10-6-5-9-17(15)18/h3-10,13H,2,11-12H2,1H3/b15-13+. The number of aryl methyl sites for hydroxylation is 1. The van der Waals surface area contributed by atoms with Gasteiger partial charge >= 0.3 is 5.97 Å². The fraction of sp³-hybridized carbons (Fsp3) is 0.211. The molecule has 0 heterocycles. The summed E-state index contributed by atoms with van der Waals surface area (Å²) >= 11 is 0. The highest BCUT2D eigenvalue weighted by atomic mass is 16.5. The Morgan fingerprint density at radius 2 is 1.67 bits per heavy atom. The lowest BCUT2D eigenvalue weighted by molar-refractivity contribution is -0.137. The van der Waals surface area contributed by atoms with E-state index >= 15 is 0 Å². The zero-order valence-electron chi connectivity index (χ0n) is 12.1.